The number of hydrogen-bond acceptors (Lipinski definition) is 3. The van der Waals surface area contributed by atoms with E-state index in [1.165, 1.54) is 0 Å². The Morgan fingerprint density at radius 1 is 1.40 bits per heavy atom. The largest absolute Gasteiger partial charge is 0.337 e. The lowest BCUT2D eigenvalue weighted by Crippen LogP contribution is -2.38. The smallest absolute Gasteiger partial charge is 0.271 e. The summed E-state index contributed by atoms with van der Waals surface area (Å²) >= 11 is 0. The van der Waals surface area contributed by atoms with Gasteiger partial charge in [0, 0.05) is 31.0 Å². The lowest BCUT2D eigenvalue weighted by molar-refractivity contribution is 0.0691. The minimum atomic E-state index is 0.0412. The molecule has 0 spiro atoms. The van der Waals surface area contributed by atoms with E-state index in [0.29, 0.717) is 11.6 Å². The van der Waals surface area contributed by atoms with Crippen LogP contribution in [0.4, 0.5) is 0 Å². The number of hydrogen-bond donors (Lipinski definition) is 1. The van der Waals surface area contributed by atoms with Crippen LogP contribution >= 0.6 is 0 Å². The van der Waals surface area contributed by atoms with Crippen LogP contribution in [0.15, 0.2) is 30.6 Å². The van der Waals surface area contributed by atoms with E-state index in [2.05, 4.69) is 22.1 Å². The van der Waals surface area contributed by atoms with E-state index >= 15 is 0 Å². The first kappa shape index (κ1) is 12.8. The zero-order valence-electron chi connectivity index (χ0n) is 11.5. The van der Waals surface area contributed by atoms with Gasteiger partial charge in [0.05, 0.1) is 5.69 Å². The lowest BCUT2D eigenvalue weighted by Gasteiger charge is -2.29. The van der Waals surface area contributed by atoms with E-state index < -0.39 is 0 Å². The first-order chi connectivity index (χ1) is 9.74. The maximum Gasteiger partial charge on any atom is 0.271 e. The number of nitrogens with one attached hydrogen (secondary N) is 1. The van der Waals surface area contributed by atoms with E-state index in [-0.39, 0.29) is 5.91 Å². The number of aromatic amines is 1. The summed E-state index contributed by atoms with van der Waals surface area (Å²) in [5, 5.41) is 7.05. The van der Waals surface area contributed by atoms with Gasteiger partial charge in [0.2, 0.25) is 0 Å². The highest BCUT2D eigenvalue weighted by Gasteiger charge is 2.22. The Labute approximate surface area is 118 Å². The van der Waals surface area contributed by atoms with Crippen molar-refractivity contribution < 1.29 is 4.79 Å². The van der Waals surface area contributed by atoms with Crippen LogP contribution in [0, 0.1) is 5.92 Å². The fraction of sp³-hybridized carbons (Fsp3) is 0.400. The van der Waals surface area contributed by atoms with Crippen molar-refractivity contribution >= 4 is 5.91 Å². The summed E-state index contributed by atoms with van der Waals surface area (Å²) in [6.07, 6.45) is 5.62. The van der Waals surface area contributed by atoms with Crippen molar-refractivity contribution in [2.24, 2.45) is 5.92 Å². The summed E-state index contributed by atoms with van der Waals surface area (Å²) in [7, 11) is 0. The molecule has 0 atom stereocenters. The molecule has 1 fully saturated rings. The summed E-state index contributed by atoms with van der Waals surface area (Å²) in [6.45, 7) is 3.90. The fourth-order valence-corrected chi connectivity index (χ4v) is 2.48. The molecule has 3 heterocycles. The number of carbonyl (C=O) groups is 1. The van der Waals surface area contributed by atoms with Gasteiger partial charge in [0.25, 0.3) is 5.91 Å². The molecule has 0 unspecified atom stereocenters. The highest BCUT2D eigenvalue weighted by atomic mass is 16.2. The minimum absolute atomic E-state index is 0.0412. The Balaban J connectivity index is 1.75. The zero-order valence-corrected chi connectivity index (χ0v) is 11.5. The van der Waals surface area contributed by atoms with Gasteiger partial charge in [-0.05, 0) is 37.0 Å². The second-order valence-electron chi connectivity index (χ2n) is 5.38. The molecule has 1 aliphatic rings. The average Bonchev–Trinajstić information content (AvgIpc) is 2.98. The highest BCUT2D eigenvalue weighted by Crippen LogP contribution is 2.20. The molecule has 0 bridgehead atoms. The zero-order chi connectivity index (χ0) is 13.9. The van der Waals surface area contributed by atoms with Crippen LogP contribution in [0.25, 0.3) is 11.3 Å². The number of piperidine rings is 1. The third-order valence-corrected chi connectivity index (χ3v) is 3.84. The van der Waals surface area contributed by atoms with Crippen LogP contribution in [0.1, 0.15) is 30.3 Å². The van der Waals surface area contributed by atoms with Crippen LogP contribution in [-0.2, 0) is 0 Å². The number of amides is 1. The number of pyridine rings is 1. The van der Waals surface area contributed by atoms with E-state index in [1.54, 1.807) is 18.5 Å². The van der Waals surface area contributed by atoms with Gasteiger partial charge in [-0.3, -0.25) is 14.9 Å². The van der Waals surface area contributed by atoms with E-state index in [9.17, 15) is 4.79 Å². The SMILES string of the molecule is CC1CCN(C(=O)c2cc(-c3cccnc3)n[nH]2)CC1. The van der Waals surface area contributed by atoms with E-state index in [1.807, 2.05) is 17.0 Å². The monoisotopic (exact) mass is 270 g/mol. The molecule has 20 heavy (non-hydrogen) atoms. The van der Waals surface area contributed by atoms with Crippen molar-refractivity contribution in [2.45, 2.75) is 19.8 Å². The van der Waals surface area contributed by atoms with Crippen molar-refractivity contribution in [2.75, 3.05) is 13.1 Å². The quantitative estimate of drug-likeness (QED) is 0.911. The molecule has 1 saturated heterocycles. The number of H-pyrrole nitrogens is 1. The molecule has 104 valence electrons. The number of aromatic nitrogens is 3. The summed E-state index contributed by atoms with van der Waals surface area (Å²) in [5.41, 5.74) is 2.22. The first-order valence-electron chi connectivity index (χ1n) is 6.99. The third-order valence-electron chi connectivity index (χ3n) is 3.84. The fourth-order valence-electron chi connectivity index (χ4n) is 2.48. The molecule has 1 amide bonds. The van der Waals surface area contributed by atoms with Crippen LogP contribution in [0.5, 0.6) is 0 Å². The van der Waals surface area contributed by atoms with Crippen LogP contribution < -0.4 is 0 Å². The molecule has 0 aromatic carbocycles. The summed E-state index contributed by atoms with van der Waals surface area (Å²) in [5.74, 6) is 0.756. The Morgan fingerprint density at radius 2 is 2.20 bits per heavy atom. The molecular formula is C15H18N4O. The average molecular weight is 270 g/mol. The third kappa shape index (κ3) is 2.57. The summed E-state index contributed by atoms with van der Waals surface area (Å²) in [6, 6.07) is 5.59. The highest BCUT2D eigenvalue weighted by molar-refractivity contribution is 5.93. The second-order valence-corrected chi connectivity index (χ2v) is 5.38. The molecule has 0 saturated carbocycles. The molecule has 5 nitrogen and oxygen atoms in total. The molecule has 2 aromatic heterocycles. The van der Waals surface area contributed by atoms with Crippen molar-refractivity contribution in [3.05, 3.63) is 36.3 Å². The van der Waals surface area contributed by atoms with Gasteiger partial charge in [-0.25, -0.2) is 0 Å². The predicted octanol–water partition coefficient (Wildman–Crippen LogP) is 2.34. The van der Waals surface area contributed by atoms with Crippen molar-refractivity contribution in [3.8, 4) is 11.3 Å². The molecule has 0 radical (unpaired) electrons. The van der Waals surface area contributed by atoms with Crippen molar-refractivity contribution in [3.63, 3.8) is 0 Å². The number of rotatable bonds is 2. The maximum atomic E-state index is 12.4. The minimum Gasteiger partial charge on any atom is -0.337 e. The molecule has 0 aliphatic carbocycles. The number of likely N-dealkylation sites (tertiary alicyclic amines) is 1. The predicted molar refractivity (Wildman–Crippen MR) is 76.1 cm³/mol. The van der Waals surface area contributed by atoms with Gasteiger partial charge < -0.3 is 4.90 Å². The van der Waals surface area contributed by atoms with Crippen molar-refractivity contribution in [1.82, 2.24) is 20.1 Å². The lowest BCUT2D eigenvalue weighted by atomic mass is 9.99. The molecular weight excluding hydrogens is 252 g/mol. The van der Waals surface area contributed by atoms with Crippen LogP contribution in [0.2, 0.25) is 0 Å². The maximum absolute atomic E-state index is 12.4. The van der Waals surface area contributed by atoms with Gasteiger partial charge in [-0.1, -0.05) is 6.92 Å². The van der Waals surface area contributed by atoms with Crippen LogP contribution in [-0.4, -0.2) is 39.1 Å². The Kier molecular flexibility index (Phi) is 3.50. The number of carbonyl (C=O) groups excluding carboxylic acids is 1. The van der Waals surface area contributed by atoms with Gasteiger partial charge >= 0.3 is 0 Å². The van der Waals surface area contributed by atoms with Gasteiger partial charge in [0.1, 0.15) is 5.69 Å². The summed E-state index contributed by atoms with van der Waals surface area (Å²) < 4.78 is 0. The first-order valence-corrected chi connectivity index (χ1v) is 6.99. The Morgan fingerprint density at radius 3 is 2.90 bits per heavy atom. The standard InChI is InChI=1S/C15H18N4O/c1-11-4-7-19(8-5-11)15(20)14-9-13(17-18-14)12-3-2-6-16-10-12/h2-3,6,9-11H,4-5,7-8H2,1H3,(H,17,18). The molecule has 5 heteroatoms. The van der Waals surface area contributed by atoms with Gasteiger partial charge in [0.15, 0.2) is 0 Å². The molecule has 3 rings (SSSR count). The second kappa shape index (κ2) is 5.45. The topological polar surface area (TPSA) is 61.9 Å². The van der Waals surface area contributed by atoms with Gasteiger partial charge in [-0.15, -0.1) is 0 Å². The Hall–Kier alpha value is -2.17. The normalized spacial score (nSPS) is 16.4. The molecule has 2 aromatic rings. The van der Waals surface area contributed by atoms with Crippen molar-refractivity contribution in [1.29, 1.82) is 0 Å². The number of nitrogens with zero attached hydrogens (tertiary/aromatic N) is 3. The Bertz CT molecular complexity index is 585. The molecule has 1 aliphatic heterocycles. The van der Waals surface area contributed by atoms with E-state index in [4.69, 9.17) is 0 Å². The summed E-state index contributed by atoms with van der Waals surface area (Å²) in [4.78, 5) is 18.4. The van der Waals surface area contributed by atoms with E-state index in [0.717, 1.165) is 37.2 Å². The van der Waals surface area contributed by atoms with Crippen LogP contribution in [0.3, 0.4) is 0 Å². The van der Waals surface area contributed by atoms with Gasteiger partial charge in [-0.2, -0.15) is 5.10 Å². The molecule has 1 N–H and O–H groups in total.